The summed E-state index contributed by atoms with van der Waals surface area (Å²) in [5.74, 6) is -0.220. The van der Waals surface area contributed by atoms with Crippen molar-refractivity contribution in [1.29, 1.82) is 0 Å². The van der Waals surface area contributed by atoms with Gasteiger partial charge in [0.15, 0.2) is 11.5 Å². The third-order valence-corrected chi connectivity index (χ3v) is 3.21. The molecule has 0 radical (unpaired) electrons. The maximum Gasteiger partial charge on any atom is 0.353 e. The number of nitrogens with one attached hydrogen (secondary N) is 1. The molecule has 2 aromatic rings. The van der Waals surface area contributed by atoms with Gasteiger partial charge in [-0.25, -0.2) is 9.18 Å². The van der Waals surface area contributed by atoms with Crippen LogP contribution in [0.2, 0.25) is 0 Å². The summed E-state index contributed by atoms with van der Waals surface area (Å²) in [5, 5.41) is 15.3. The van der Waals surface area contributed by atoms with Crippen molar-refractivity contribution >= 4 is 5.97 Å². The molecular weight excluding hydrogens is 279 g/mol. The molecule has 3 rings (SSSR count). The average Bonchev–Trinajstić information content (AvgIpc) is 2.96. The second kappa shape index (κ2) is 5.08. The van der Waals surface area contributed by atoms with Gasteiger partial charge in [-0.3, -0.25) is 5.10 Å². The quantitative estimate of drug-likeness (QED) is 0.908. The first-order chi connectivity index (χ1) is 10.1. The van der Waals surface area contributed by atoms with E-state index >= 15 is 0 Å². The predicted molar refractivity (Wildman–Crippen MR) is 71.5 cm³/mol. The molecule has 0 aliphatic carbocycles. The minimum atomic E-state index is -1.18. The van der Waals surface area contributed by atoms with Crippen molar-refractivity contribution in [3.8, 4) is 22.8 Å². The van der Waals surface area contributed by atoms with Crippen molar-refractivity contribution in [1.82, 2.24) is 10.2 Å². The Morgan fingerprint density at radius 2 is 2.14 bits per heavy atom. The van der Waals surface area contributed by atoms with Crippen LogP contribution >= 0.6 is 0 Å². The van der Waals surface area contributed by atoms with Gasteiger partial charge in [-0.2, -0.15) is 5.10 Å². The lowest BCUT2D eigenvalue weighted by Crippen LogP contribution is -2.16. The van der Waals surface area contributed by atoms with E-state index in [2.05, 4.69) is 10.2 Å². The Kier molecular flexibility index (Phi) is 3.25. The van der Waals surface area contributed by atoms with Gasteiger partial charge < -0.3 is 14.6 Å². The number of nitrogens with zero attached hydrogens (tertiary/aromatic N) is 1. The van der Waals surface area contributed by atoms with Crippen molar-refractivity contribution in [2.24, 2.45) is 0 Å². The summed E-state index contributed by atoms with van der Waals surface area (Å²) in [7, 11) is 0. The van der Waals surface area contributed by atoms with Gasteiger partial charge in [0.2, 0.25) is 0 Å². The normalized spacial score (nSPS) is 14.8. The molecule has 0 fully saturated rings. The zero-order valence-electron chi connectivity index (χ0n) is 11.2. The zero-order chi connectivity index (χ0) is 15.0. The van der Waals surface area contributed by atoms with Crippen LogP contribution < -0.4 is 9.47 Å². The van der Waals surface area contributed by atoms with Crippen LogP contribution in [0.1, 0.15) is 29.1 Å². The number of carboxylic acid groups (broad SMARTS) is 1. The predicted octanol–water partition coefficient (Wildman–Crippen LogP) is 2.58. The van der Waals surface area contributed by atoms with Crippen molar-refractivity contribution in [2.75, 3.05) is 13.2 Å². The standard InChI is InChI=1S/C14H13FN2O4/c1-7(15)8-4-9(10-6-11(14(18)19)17-16-10)13-12(5-8)20-2-3-21-13/h4-7H,2-3H2,1H3,(H,16,17)(H,18,19). The Balaban J connectivity index is 2.14. The van der Waals surface area contributed by atoms with Gasteiger partial charge in [-0.1, -0.05) is 0 Å². The number of H-pyrrole nitrogens is 1. The number of hydrogen-bond acceptors (Lipinski definition) is 4. The second-order valence-corrected chi connectivity index (χ2v) is 4.68. The van der Waals surface area contributed by atoms with Crippen LogP contribution in [-0.2, 0) is 0 Å². The zero-order valence-corrected chi connectivity index (χ0v) is 11.2. The van der Waals surface area contributed by atoms with Crippen LogP contribution in [0.25, 0.3) is 11.3 Å². The molecule has 1 aromatic carbocycles. The van der Waals surface area contributed by atoms with Crippen LogP contribution in [0.5, 0.6) is 11.5 Å². The summed E-state index contributed by atoms with van der Waals surface area (Å²) in [5.41, 5.74) is 1.26. The third-order valence-electron chi connectivity index (χ3n) is 3.21. The highest BCUT2D eigenvalue weighted by Gasteiger charge is 2.22. The van der Waals surface area contributed by atoms with E-state index in [0.29, 0.717) is 41.5 Å². The molecule has 0 saturated carbocycles. The van der Waals surface area contributed by atoms with Gasteiger partial charge in [-0.05, 0) is 30.7 Å². The molecule has 0 amide bonds. The van der Waals surface area contributed by atoms with Gasteiger partial charge in [0.1, 0.15) is 25.1 Å². The Labute approximate surface area is 119 Å². The van der Waals surface area contributed by atoms with Gasteiger partial charge in [0, 0.05) is 5.56 Å². The molecular formula is C14H13FN2O4. The molecule has 1 aliphatic rings. The number of hydrogen-bond donors (Lipinski definition) is 2. The molecule has 1 unspecified atom stereocenters. The molecule has 110 valence electrons. The molecule has 1 aliphatic heterocycles. The van der Waals surface area contributed by atoms with E-state index in [1.54, 1.807) is 12.1 Å². The number of fused-ring (bicyclic) bond motifs is 1. The van der Waals surface area contributed by atoms with Gasteiger partial charge in [-0.15, -0.1) is 0 Å². The number of alkyl halides is 1. The number of aromatic nitrogens is 2. The van der Waals surface area contributed by atoms with E-state index in [9.17, 15) is 9.18 Å². The summed E-state index contributed by atoms with van der Waals surface area (Å²) < 4.78 is 24.7. The van der Waals surface area contributed by atoms with Crippen molar-refractivity contribution in [2.45, 2.75) is 13.1 Å². The van der Waals surface area contributed by atoms with E-state index in [0.717, 1.165) is 0 Å². The number of halogens is 1. The summed E-state index contributed by atoms with van der Waals surface area (Å²) in [4.78, 5) is 10.9. The number of carboxylic acids is 1. The van der Waals surface area contributed by atoms with Gasteiger partial charge in [0.05, 0.1) is 5.69 Å². The maximum atomic E-state index is 13.6. The van der Waals surface area contributed by atoms with Gasteiger partial charge >= 0.3 is 5.97 Å². The number of carbonyl (C=O) groups is 1. The van der Waals surface area contributed by atoms with Crippen LogP contribution in [-0.4, -0.2) is 34.5 Å². The lowest BCUT2D eigenvalue weighted by Gasteiger charge is -2.22. The smallest absolute Gasteiger partial charge is 0.353 e. The van der Waals surface area contributed by atoms with Crippen molar-refractivity contribution < 1.29 is 23.8 Å². The molecule has 7 heteroatoms. The average molecular weight is 292 g/mol. The molecule has 2 heterocycles. The highest BCUT2D eigenvalue weighted by Crippen LogP contribution is 2.42. The van der Waals surface area contributed by atoms with E-state index < -0.39 is 12.1 Å². The fourth-order valence-corrected chi connectivity index (χ4v) is 2.16. The lowest BCUT2D eigenvalue weighted by molar-refractivity contribution is 0.0690. The molecule has 6 nitrogen and oxygen atoms in total. The Morgan fingerprint density at radius 1 is 1.38 bits per heavy atom. The van der Waals surface area contributed by atoms with Crippen LogP contribution in [0.4, 0.5) is 4.39 Å². The summed E-state index contributed by atoms with van der Waals surface area (Å²) in [6.07, 6.45) is -1.18. The number of ether oxygens (including phenoxy) is 2. The Hall–Kier alpha value is -2.57. The first-order valence-electron chi connectivity index (χ1n) is 6.43. The van der Waals surface area contributed by atoms with Crippen LogP contribution in [0, 0.1) is 0 Å². The minimum absolute atomic E-state index is 0.0471. The number of aromatic carboxylic acids is 1. The number of rotatable bonds is 3. The first kappa shape index (κ1) is 13.4. The van der Waals surface area contributed by atoms with E-state index in [1.165, 1.54) is 13.0 Å². The maximum absolute atomic E-state index is 13.6. The minimum Gasteiger partial charge on any atom is -0.486 e. The SMILES string of the molecule is CC(F)c1cc2c(c(-c3cc(C(=O)O)[nH]n3)c1)OCCO2. The fourth-order valence-electron chi connectivity index (χ4n) is 2.16. The highest BCUT2D eigenvalue weighted by atomic mass is 19.1. The van der Waals surface area contributed by atoms with Crippen molar-refractivity contribution in [3.63, 3.8) is 0 Å². The molecule has 2 N–H and O–H groups in total. The fraction of sp³-hybridized carbons (Fsp3) is 0.286. The summed E-state index contributed by atoms with van der Waals surface area (Å²) in [6.45, 7) is 2.18. The summed E-state index contributed by atoms with van der Waals surface area (Å²) >= 11 is 0. The number of aromatic amines is 1. The van der Waals surface area contributed by atoms with Crippen LogP contribution in [0.15, 0.2) is 18.2 Å². The molecule has 0 spiro atoms. The summed E-state index contributed by atoms with van der Waals surface area (Å²) in [6, 6.07) is 4.57. The molecule has 1 aromatic heterocycles. The van der Waals surface area contributed by atoms with E-state index in [1.807, 2.05) is 0 Å². The first-order valence-corrected chi connectivity index (χ1v) is 6.43. The monoisotopic (exact) mass is 292 g/mol. The van der Waals surface area contributed by atoms with Crippen molar-refractivity contribution in [3.05, 3.63) is 29.5 Å². The topological polar surface area (TPSA) is 84.4 Å². The van der Waals surface area contributed by atoms with E-state index in [4.69, 9.17) is 14.6 Å². The molecule has 0 bridgehead atoms. The molecule has 1 atom stereocenters. The third kappa shape index (κ3) is 2.42. The second-order valence-electron chi connectivity index (χ2n) is 4.68. The van der Waals surface area contributed by atoms with E-state index in [-0.39, 0.29) is 5.69 Å². The van der Waals surface area contributed by atoms with Gasteiger partial charge in [0.25, 0.3) is 0 Å². The Morgan fingerprint density at radius 3 is 2.81 bits per heavy atom. The lowest BCUT2D eigenvalue weighted by atomic mass is 10.0. The Bertz CT molecular complexity index is 696. The highest BCUT2D eigenvalue weighted by molar-refractivity contribution is 5.87. The molecule has 0 saturated heterocycles. The largest absolute Gasteiger partial charge is 0.486 e. The van der Waals surface area contributed by atoms with Crippen LogP contribution in [0.3, 0.4) is 0 Å². The molecule has 21 heavy (non-hydrogen) atoms. The number of benzene rings is 1.